The number of ether oxygens (including phenoxy) is 1. The molecule has 0 amide bonds. The maximum atomic E-state index is 9.83. The van der Waals surface area contributed by atoms with Crippen LogP contribution in [0.3, 0.4) is 0 Å². The van der Waals surface area contributed by atoms with E-state index in [1.54, 1.807) is 10.7 Å². The summed E-state index contributed by atoms with van der Waals surface area (Å²) < 4.78 is 7.32. The molecule has 1 aliphatic rings. The van der Waals surface area contributed by atoms with Gasteiger partial charge in [0.2, 0.25) is 0 Å². The van der Waals surface area contributed by atoms with E-state index in [1.165, 1.54) is 6.42 Å². The number of nitrogens with zero attached hydrogens (tertiary/aromatic N) is 3. The maximum Gasteiger partial charge on any atom is 0.137 e. The van der Waals surface area contributed by atoms with Crippen LogP contribution in [0.5, 0.6) is 5.75 Å². The molecular weight excluding hydrogens is 364 g/mol. The first-order chi connectivity index (χ1) is 14.2. The number of aromatic nitrogens is 2. The topological polar surface area (TPSA) is 86.4 Å². The molecule has 3 N–H and O–H groups in total. The maximum absolute atomic E-state index is 9.83. The number of hydrogen-bond acceptors (Lipinski definition) is 6. The Morgan fingerprint density at radius 2 is 2.14 bits per heavy atom. The van der Waals surface area contributed by atoms with E-state index in [4.69, 9.17) is 4.74 Å². The first kappa shape index (κ1) is 19.1. The molecule has 1 fully saturated rings. The lowest BCUT2D eigenvalue weighted by molar-refractivity contribution is 0.340. The van der Waals surface area contributed by atoms with Crippen molar-refractivity contribution in [2.75, 3.05) is 30.3 Å². The number of anilines is 3. The first-order valence-electron chi connectivity index (χ1n) is 10.1. The van der Waals surface area contributed by atoms with Crippen LogP contribution in [0.15, 0.2) is 36.5 Å². The van der Waals surface area contributed by atoms with Gasteiger partial charge in [-0.05, 0) is 63.6 Å². The van der Waals surface area contributed by atoms with Crippen molar-refractivity contribution in [3.63, 3.8) is 0 Å². The van der Waals surface area contributed by atoms with Gasteiger partial charge in [0, 0.05) is 23.8 Å². The third-order valence-electron chi connectivity index (χ3n) is 5.32. The van der Waals surface area contributed by atoms with Crippen molar-refractivity contribution in [2.45, 2.75) is 32.7 Å². The number of rotatable bonds is 7. The summed E-state index contributed by atoms with van der Waals surface area (Å²) in [5.74, 6) is 1.68. The molecule has 0 saturated carbocycles. The van der Waals surface area contributed by atoms with Crippen molar-refractivity contribution >= 4 is 22.7 Å². The Balaban J connectivity index is 1.69. The van der Waals surface area contributed by atoms with Crippen LogP contribution < -0.4 is 20.7 Å². The molecular formula is C22H26N6O. The van der Waals surface area contributed by atoms with Gasteiger partial charge < -0.3 is 20.7 Å². The lowest BCUT2D eigenvalue weighted by Gasteiger charge is -2.20. The van der Waals surface area contributed by atoms with E-state index in [-0.39, 0.29) is 0 Å². The number of hydrogen-bond donors (Lipinski definition) is 3. The van der Waals surface area contributed by atoms with Gasteiger partial charge in [-0.15, -0.1) is 0 Å². The highest BCUT2D eigenvalue weighted by Gasteiger charge is 2.20. The predicted octanol–water partition coefficient (Wildman–Crippen LogP) is 3.82. The molecule has 1 aliphatic heterocycles. The molecule has 3 aromatic rings. The van der Waals surface area contributed by atoms with Crippen LogP contribution in [0.4, 0.5) is 17.2 Å². The first-order valence-corrected chi connectivity index (χ1v) is 10.1. The minimum Gasteiger partial charge on any atom is -0.494 e. The second kappa shape index (κ2) is 8.41. The Kier molecular flexibility index (Phi) is 5.54. The summed E-state index contributed by atoms with van der Waals surface area (Å²) in [7, 11) is 0. The summed E-state index contributed by atoms with van der Waals surface area (Å²) in [6.07, 6.45) is 4.07. The molecule has 1 atom stereocenters. The van der Waals surface area contributed by atoms with Crippen LogP contribution in [0.2, 0.25) is 0 Å². The molecule has 0 bridgehead atoms. The summed E-state index contributed by atoms with van der Waals surface area (Å²) in [5.41, 5.74) is 4.16. The Morgan fingerprint density at radius 3 is 2.83 bits per heavy atom. The van der Waals surface area contributed by atoms with E-state index in [0.29, 0.717) is 18.2 Å². The molecule has 150 valence electrons. The Morgan fingerprint density at radius 1 is 1.31 bits per heavy atom. The van der Waals surface area contributed by atoms with Crippen molar-refractivity contribution in [1.29, 1.82) is 5.26 Å². The zero-order valence-electron chi connectivity index (χ0n) is 16.8. The monoisotopic (exact) mass is 390 g/mol. The van der Waals surface area contributed by atoms with Gasteiger partial charge in [-0.2, -0.15) is 10.4 Å². The average Bonchev–Trinajstić information content (AvgIpc) is 3.42. The minimum atomic E-state index is 0.435. The standard InChI is InChI=1S/C22H26N6O/c1-3-29-18-8-6-16(7-9-18)27-22-15(2)21(25-14-17-5-4-11-24-17)19(13-23)20-10-12-26-28(20)22/h6-10,12,17,24-25,27H,3-5,11,14H2,1-2H3. The molecule has 3 heterocycles. The van der Waals surface area contributed by atoms with E-state index in [0.717, 1.165) is 53.5 Å². The fourth-order valence-corrected chi connectivity index (χ4v) is 3.84. The van der Waals surface area contributed by atoms with Gasteiger partial charge in [0.25, 0.3) is 0 Å². The third kappa shape index (κ3) is 3.84. The molecule has 2 aromatic heterocycles. The smallest absolute Gasteiger partial charge is 0.137 e. The zero-order valence-corrected chi connectivity index (χ0v) is 16.8. The number of benzene rings is 1. The van der Waals surface area contributed by atoms with Gasteiger partial charge in [0.1, 0.15) is 23.2 Å². The van der Waals surface area contributed by atoms with Gasteiger partial charge in [0.15, 0.2) is 0 Å². The number of nitriles is 1. The molecule has 4 rings (SSSR count). The van der Waals surface area contributed by atoms with E-state index in [9.17, 15) is 5.26 Å². The molecule has 1 unspecified atom stereocenters. The van der Waals surface area contributed by atoms with Crippen molar-refractivity contribution in [2.24, 2.45) is 0 Å². The second-order valence-electron chi connectivity index (χ2n) is 7.22. The summed E-state index contributed by atoms with van der Waals surface area (Å²) in [4.78, 5) is 0. The molecule has 0 aliphatic carbocycles. The van der Waals surface area contributed by atoms with Gasteiger partial charge >= 0.3 is 0 Å². The second-order valence-corrected chi connectivity index (χ2v) is 7.22. The summed E-state index contributed by atoms with van der Waals surface area (Å²) >= 11 is 0. The largest absolute Gasteiger partial charge is 0.494 e. The Hall–Kier alpha value is -3.24. The molecule has 1 saturated heterocycles. The highest BCUT2D eigenvalue weighted by atomic mass is 16.5. The lowest BCUT2D eigenvalue weighted by Crippen LogP contribution is -2.29. The van der Waals surface area contributed by atoms with Gasteiger partial charge in [-0.1, -0.05) is 0 Å². The number of fused-ring (bicyclic) bond motifs is 1. The summed E-state index contributed by atoms with van der Waals surface area (Å²) in [5, 5.41) is 24.8. The van der Waals surface area contributed by atoms with Crippen LogP contribution in [0, 0.1) is 18.3 Å². The van der Waals surface area contributed by atoms with Gasteiger partial charge in [-0.3, -0.25) is 0 Å². The molecule has 7 heteroatoms. The molecule has 0 radical (unpaired) electrons. The fourth-order valence-electron chi connectivity index (χ4n) is 3.84. The van der Waals surface area contributed by atoms with Gasteiger partial charge in [0.05, 0.1) is 24.0 Å². The zero-order chi connectivity index (χ0) is 20.2. The lowest BCUT2D eigenvalue weighted by atomic mass is 10.1. The number of pyridine rings is 1. The molecule has 7 nitrogen and oxygen atoms in total. The van der Waals surface area contributed by atoms with Crippen LogP contribution >= 0.6 is 0 Å². The highest BCUT2D eigenvalue weighted by molar-refractivity contribution is 5.82. The van der Waals surface area contributed by atoms with E-state index in [1.807, 2.05) is 44.2 Å². The van der Waals surface area contributed by atoms with Crippen molar-refractivity contribution in [3.8, 4) is 11.8 Å². The molecule has 1 aromatic carbocycles. The summed E-state index contributed by atoms with van der Waals surface area (Å²) in [6, 6.07) is 12.5. The van der Waals surface area contributed by atoms with E-state index in [2.05, 4.69) is 27.1 Å². The van der Waals surface area contributed by atoms with Gasteiger partial charge in [-0.25, -0.2) is 4.52 Å². The fraction of sp³-hybridized carbons (Fsp3) is 0.364. The highest BCUT2D eigenvalue weighted by Crippen LogP contribution is 2.33. The minimum absolute atomic E-state index is 0.435. The third-order valence-corrected chi connectivity index (χ3v) is 5.32. The van der Waals surface area contributed by atoms with Crippen LogP contribution in [0.25, 0.3) is 5.52 Å². The van der Waals surface area contributed by atoms with E-state index < -0.39 is 0 Å². The van der Waals surface area contributed by atoms with E-state index >= 15 is 0 Å². The summed E-state index contributed by atoms with van der Waals surface area (Å²) in [6.45, 7) is 6.48. The van der Waals surface area contributed by atoms with Crippen LogP contribution in [0.1, 0.15) is 30.9 Å². The van der Waals surface area contributed by atoms with Crippen molar-refractivity contribution in [3.05, 3.63) is 47.7 Å². The molecule has 29 heavy (non-hydrogen) atoms. The Labute approximate surface area is 170 Å². The average molecular weight is 390 g/mol. The van der Waals surface area contributed by atoms with Crippen LogP contribution in [-0.4, -0.2) is 35.4 Å². The quantitative estimate of drug-likeness (QED) is 0.569. The molecule has 0 spiro atoms. The SMILES string of the molecule is CCOc1ccc(Nc2c(C)c(NCC3CCCN3)c(C#N)c3ccnn23)cc1. The van der Waals surface area contributed by atoms with Crippen LogP contribution in [-0.2, 0) is 0 Å². The Bertz CT molecular complexity index is 1030. The number of nitrogens with one attached hydrogen (secondary N) is 3. The predicted molar refractivity (Wildman–Crippen MR) is 115 cm³/mol. The normalized spacial score (nSPS) is 16.0. The van der Waals surface area contributed by atoms with Crippen molar-refractivity contribution in [1.82, 2.24) is 14.9 Å². The van der Waals surface area contributed by atoms with Crippen molar-refractivity contribution < 1.29 is 4.74 Å².